The summed E-state index contributed by atoms with van der Waals surface area (Å²) in [5.41, 5.74) is 1.01. The summed E-state index contributed by atoms with van der Waals surface area (Å²) in [6, 6.07) is 3.55. The van der Waals surface area contributed by atoms with Crippen LogP contribution in [-0.2, 0) is 0 Å². The summed E-state index contributed by atoms with van der Waals surface area (Å²) in [6.07, 6.45) is 14.6. The molecule has 0 unspecified atom stereocenters. The van der Waals surface area contributed by atoms with Gasteiger partial charge in [-0.3, -0.25) is 23.5 Å². The number of halogens is 1. The van der Waals surface area contributed by atoms with Gasteiger partial charge in [-0.25, -0.2) is 15.0 Å². The Hall–Kier alpha value is -2.93. The molecule has 2 aliphatic carbocycles. The molecule has 0 spiro atoms. The number of aromatic nitrogens is 6. The van der Waals surface area contributed by atoms with E-state index in [2.05, 4.69) is 19.9 Å². The summed E-state index contributed by atoms with van der Waals surface area (Å²) in [4.78, 5) is 55.0. The van der Waals surface area contributed by atoms with Gasteiger partial charge in [0.15, 0.2) is 0 Å². The van der Waals surface area contributed by atoms with E-state index in [4.69, 9.17) is 26.2 Å². The molecule has 5 N–H and O–H groups in total. The number of aromatic amines is 1. The zero-order chi connectivity index (χ0) is 33.9. The molecular formula is C35H48ClN7NaO7S2-. The third kappa shape index (κ3) is 9.48. The van der Waals surface area contributed by atoms with Crippen LogP contribution in [0, 0.1) is 0 Å². The van der Waals surface area contributed by atoms with Gasteiger partial charge in [-0.2, -0.15) is 0 Å². The normalized spacial score (nSPS) is 14.2. The number of hydrogen-bond acceptors (Lipinski definition) is 12. The second kappa shape index (κ2) is 21.2. The van der Waals surface area contributed by atoms with Crippen LogP contribution in [-0.4, -0.2) is 61.0 Å². The molecule has 6 aromatic rings. The van der Waals surface area contributed by atoms with E-state index in [0.717, 1.165) is 51.0 Å². The van der Waals surface area contributed by atoms with Gasteiger partial charge in [-0.05, 0) is 25.7 Å². The number of hydrogen-bond donors (Lipinski definition) is 2. The average Bonchev–Trinajstić information content (AvgIpc) is 3.69. The Morgan fingerprint density at radius 3 is 1.72 bits per heavy atom. The van der Waals surface area contributed by atoms with Crippen LogP contribution < -0.4 is 55.7 Å². The van der Waals surface area contributed by atoms with Crippen molar-refractivity contribution in [3.8, 4) is 11.5 Å². The number of nitrogens with zero attached hydrogens (tertiary/aromatic N) is 5. The minimum atomic E-state index is -0.242. The van der Waals surface area contributed by atoms with Crippen LogP contribution >= 0.6 is 34.3 Å². The molecule has 6 heterocycles. The van der Waals surface area contributed by atoms with Crippen LogP contribution in [0.5, 0.6) is 11.5 Å². The Balaban J connectivity index is 0.000000465. The zero-order valence-corrected chi connectivity index (χ0v) is 33.4. The topological polar surface area (TPSA) is 218 Å². The first-order chi connectivity index (χ1) is 23.4. The summed E-state index contributed by atoms with van der Waals surface area (Å²) in [7, 11) is 4.10. The second-order valence-corrected chi connectivity index (χ2v) is 14.2. The number of H-pyrrole nitrogens is 1. The fraction of sp³-hybridized carbons (Fsp3) is 0.486. The number of fused-ring (bicyclic) bond motifs is 6. The molecule has 0 atom stereocenters. The summed E-state index contributed by atoms with van der Waals surface area (Å²) < 4.78 is 15.5. The van der Waals surface area contributed by atoms with Gasteiger partial charge in [0, 0.05) is 31.3 Å². The Labute approximate surface area is 342 Å². The largest absolute Gasteiger partial charge is 1.00 e. The molecule has 0 aromatic carbocycles. The molecule has 2 aliphatic rings. The fourth-order valence-corrected chi connectivity index (χ4v) is 9.19. The molecule has 286 valence electrons. The Morgan fingerprint density at radius 1 is 0.774 bits per heavy atom. The van der Waals surface area contributed by atoms with Gasteiger partial charge in [0.25, 0.3) is 16.7 Å². The van der Waals surface area contributed by atoms with Crippen LogP contribution in [0.3, 0.4) is 0 Å². The molecule has 0 bridgehead atoms. The molecule has 0 saturated heterocycles. The number of aliphatic hydroxyl groups excluding tert-OH is 1. The maximum absolute atomic E-state index is 12.9. The van der Waals surface area contributed by atoms with E-state index in [0.29, 0.717) is 52.1 Å². The van der Waals surface area contributed by atoms with Crippen molar-refractivity contribution < 1.29 is 49.6 Å². The third-order valence-electron chi connectivity index (χ3n) is 9.05. The first-order valence-corrected chi connectivity index (χ1v) is 18.0. The average molecular weight is 801 g/mol. The molecule has 0 radical (unpaired) electrons. The molecule has 0 aliphatic heterocycles. The van der Waals surface area contributed by atoms with Gasteiger partial charge in [0.05, 0.1) is 37.6 Å². The predicted molar refractivity (Wildman–Crippen MR) is 212 cm³/mol. The van der Waals surface area contributed by atoms with Crippen LogP contribution in [0.4, 0.5) is 0 Å². The van der Waals surface area contributed by atoms with Gasteiger partial charge in [0.1, 0.15) is 46.7 Å². The second-order valence-electron chi connectivity index (χ2n) is 11.8. The molecule has 8 rings (SSSR count). The van der Waals surface area contributed by atoms with Crippen LogP contribution in [0.1, 0.15) is 91.1 Å². The predicted octanol–water partition coefficient (Wildman–Crippen LogP) is 5.41. The Bertz CT molecular complexity index is 2280. The van der Waals surface area contributed by atoms with E-state index in [1.807, 2.05) is 0 Å². The van der Waals surface area contributed by atoms with Crippen molar-refractivity contribution >= 4 is 75.1 Å². The smallest absolute Gasteiger partial charge is 0.870 e. The van der Waals surface area contributed by atoms with Crippen LogP contribution in [0.25, 0.3) is 47.0 Å². The molecule has 2 fully saturated rings. The number of thiophene rings is 2. The minimum Gasteiger partial charge on any atom is -0.870 e. The number of ether oxygens (including phenoxy) is 2. The molecule has 2 saturated carbocycles. The monoisotopic (exact) mass is 800 g/mol. The quantitative estimate of drug-likeness (QED) is 0.171. The van der Waals surface area contributed by atoms with E-state index in [1.165, 1.54) is 61.5 Å². The molecule has 14 nitrogen and oxygen atoms in total. The molecule has 53 heavy (non-hydrogen) atoms. The summed E-state index contributed by atoms with van der Waals surface area (Å²) in [5, 5.41) is 8.83. The van der Waals surface area contributed by atoms with Gasteiger partial charge in [-0.1, -0.05) is 65.0 Å². The summed E-state index contributed by atoms with van der Waals surface area (Å²) in [6.45, 7) is 0. The van der Waals surface area contributed by atoms with Crippen molar-refractivity contribution in [3.05, 3.63) is 67.2 Å². The van der Waals surface area contributed by atoms with E-state index < -0.39 is 0 Å². The number of nitrogens with two attached hydrogens (primary N) is 1. The fourth-order valence-electron chi connectivity index (χ4n) is 6.78. The zero-order valence-electron chi connectivity index (χ0n) is 29.0. The molecule has 6 aromatic heterocycles. The van der Waals surface area contributed by atoms with Gasteiger partial charge in [-0.15, -0.1) is 22.7 Å². The third-order valence-corrected chi connectivity index (χ3v) is 11.4. The maximum Gasteiger partial charge on any atom is 1.00 e. The molecular weight excluding hydrogens is 753 g/mol. The minimum absolute atomic E-state index is 0. The van der Waals surface area contributed by atoms with Crippen molar-refractivity contribution in [1.29, 1.82) is 0 Å². The van der Waals surface area contributed by atoms with E-state index >= 15 is 0 Å². The number of nitrogens with one attached hydrogen (secondary N) is 1. The first-order valence-electron chi connectivity index (χ1n) is 16.0. The van der Waals surface area contributed by atoms with Crippen LogP contribution in [0.2, 0.25) is 5.15 Å². The van der Waals surface area contributed by atoms with Crippen molar-refractivity contribution in [3.63, 3.8) is 0 Å². The Morgan fingerprint density at radius 2 is 1.23 bits per heavy atom. The summed E-state index contributed by atoms with van der Waals surface area (Å²) >= 11 is 8.65. The van der Waals surface area contributed by atoms with E-state index in [9.17, 15) is 14.4 Å². The standard InChI is InChI=1S/C16H16ClN3O2S.C16H17N3O3S.CH4O.2CH4.H2N.Na.H2O/c1-22-10-7-11(17)19-15-12(10)13-14(23-15)16(21)20(8-18-13)9-5-3-2-4-6-9;1-22-10-7-11(20)18-15-12(10)13-14(23-15)16(21)19(8-17-13)9-5-3-2-4-6-9;1-2;;;;;/h7-9H,2-6H2,1H3;7-9H,2-6H2,1H3,(H,18,20);2H,1H3;2*1H4;1H2;;1H2/q;;;;;-1;+1;/p-1. The molecule has 0 amide bonds. The number of pyridine rings is 2. The van der Waals surface area contributed by atoms with E-state index in [-0.39, 0.29) is 84.8 Å². The maximum atomic E-state index is 12.9. The molecule has 18 heteroatoms. The van der Waals surface area contributed by atoms with Gasteiger partial charge >= 0.3 is 29.6 Å². The van der Waals surface area contributed by atoms with Crippen molar-refractivity contribution in [2.45, 2.75) is 91.1 Å². The first kappa shape index (κ1) is 48.1. The van der Waals surface area contributed by atoms with Crippen molar-refractivity contribution in [1.82, 2.24) is 29.1 Å². The number of methoxy groups -OCH3 is 2. The van der Waals surface area contributed by atoms with E-state index in [1.54, 1.807) is 35.0 Å². The van der Waals surface area contributed by atoms with Crippen LogP contribution in [0.15, 0.2) is 39.2 Å². The number of aliphatic hydroxyl groups is 1. The Kier molecular flexibility index (Phi) is 19.3. The summed E-state index contributed by atoms with van der Waals surface area (Å²) in [5.74, 6) is 1.06. The van der Waals surface area contributed by atoms with Crippen molar-refractivity contribution in [2.24, 2.45) is 0 Å². The van der Waals surface area contributed by atoms with Gasteiger partial charge in [0.2, 0.25) is 0 Å². The van der Waals surface area contributed by atoms with Gasteiger partial charge < -0.3 is 31.2 Å². The SMILES string of the molecule is C.C.CO.COc1cc(=O)[nH]c2sc3c(=O)n(C4CCCCC4)cnc3c12.COc1cc(Cl)nc2sc3c(=O)n(C4CCCCC4)cnc3c12.[NH2-].[Na+].[OH-]. The number of rotatable bonds is 4. The van der Waals surface area contributed by atoms with Crippen molar-refractivity contribution in [2.75, 3.05) is 21.3 Å².